The highest BCUT2D eigenvalue weighted by Crippen LogP contribution is 2.42. The van der Waals surface area contributed by atoms with Crippen LogP contribution in [0, 0.1) is 0 Å². The van der Waals surface area contributed by atoms with Gasteiger partial charge in [0, 0.05) is 53.6 Å². The molecule has 3 aromatic rings. The van der Waals surface area contributed by atoms with E-state index in [0.29, 0.717) is 16.5 Å². The van der Waals surface area contributed by atoms with Crippen LogP contribution in [-0.2, 0) is 64.0 Å². The van der Waals surface area contributed by atoms with Crippen LogP contribution in [0.1, 0.15) is 77.6 Å². The number of aromatic carboxylic acids is 1. The summed E-state index contributed by atoms with van der Waals surface area (Å²) in [5, 5.41) is 89.2. The molecule has 1 saturated heterocycles. The zero-order chi connectivity index (χ0) is 73.7. The summed E-state index contributed by atoms with van der Waals surface area (Å²) in [7, 11) is 0. The van der Waals surface area contributed by atoms with Crippen LogP contribution < -0.4 is 59.4 Å². The van der Waals surface area contributed by atoms with Crippen LogP contribution >= 0.6 is 23.5 Å². The molecule has 536 valence electrons. The maximum absolute atomic E-state index is 14.4. The summed E-state index contributed by atoms with van der Waals surface area (Å²) in [5.41, 5.74) is 10.9. The van der Waals surface area contributed by atoms with E-state index in [1.807, 2.05) is 0 Å². The van der Waals surface area contributed by atoms with Gasteiger partial charge in [-0.05, 0) is 116 Å². The van der Waals surface area contributed by atoms with Crippen molar-refractivity contribution in [3.8, 4) is 33.9 Å². The molecule has 0 aromatic heterocycles. The molecule has 0 saturated carbocycles. The highest BCUT2D eigenvalue weighted by Gasteiger charge is 2.41. The number of primary amides is 2. The maximum Gasteiger partial charge on any atom is 0.336 e. The average molecular weight is 1430 g/mol. The number of nitrogens with one attached hydrogen (secondary N) is 8. The first-order valence-electron chi connectivity index (χ1n) is 30.8. The maximum atomic E-state index is 14.4. The summed E-state index contributed by atoms with van der Waals surface area (Å²) in [6.45, 7) is -2.46. The van der Waals surface area contributed by atoms with E-state index in [9.17, 15) is 108 Å². The molecular weight excluding hydrogens is 1350 g/mol. The number of carboxylic acid groups (broad SMARTS) is 3. The molecule has 0 spiro atoms. The fourth-order valence-corrected chi connectivity index (χ4v) is 11.6. The third-order valence-electron chi connectivity index (χ3n) is 15.8. The molecular formula is C64H75N11O23S2. The van der Waals surface area contributed by atoms with Crippen molar-refractivity contribution in [2.75, 3.05) is 43.8 Å². The molecule has 0 radical (unpaired) electrons. The van der Waals surface area contributed by atoms with Crippen molar-refractivity contribution in [3.63, 3.8) is 0 Å². The lowest BCUT2D eigenvalue weighted by Gasteiger charge is -2.31. The number of fused-ring (bicyclic) bond motifs is 2. The van der Waals surface area contributed by atoms with Crippen molar-refractivity contribution in [1.29, 1.82) is 0 Å². The number of rotatable bonds is 37. The Hall–Kier alpha value is -10.9. The van der Waals surface area contributed by atoms with Crippen LogP contribution in [0.15, 0.2) is 88.1 Å². The molecule has 11 amide bonds. The van der Waals surface area contributed by atoms with Gasteiger partial charge in [-0.25, -0.2) is 4.79 Å². The molecule has 0 bridgehead atoms. The number of aliphatic carboxylic acids is 2. The second kappa shape index (κ2) is 36.7. The number of amides is 11. The smallest absolute Gasteiger partial charge is 0.336 e. The zero-order valence-corrected chi connectivity index (χ0v) is 55.3. The van der Waals surface area contributed by atoms with Crippen LogP contribution in [0.3, 0.4) is 0 Å². The normalized spacial score (nSPS) is 15.0. The Morgan fingerprint density at radius 3 is 1.66 bits per heavy atom. The predicted molar refractivity (Wildman–Crippen MR) is 357 cm³/mol. The van der Waals surface area contributed by atoms with E-state index in [1.165, 1.54) is 96.3 Å². The summed E-state index contributed by atoms with van der Waals surface area (Å²) >= 11 is 2.47. The number of phenolic OH excluding ortho intramolecular Hbond substituents is 2. The number of hydrogen-bond acceptors (Lipinski definition) is 22. The third kappa shape index (κ3) is 21.6. The Labute approximate surface area is 576 Å². The molecule has 2 aliphatic heterocycles. The monoisotopic (exact) mass is 1430 g/mol. The number of carboxylic acids is 3. The number of nitrogens with two attached hydrogens (primary N) is 2. The molecule has 1 aliphatic carbocycles. The van der Waals surface area contributed by atoms with Gasteiger partial charge in [-0.3, -0.25) is 67.1 Å². The number of aliphatic hydroxyl groups is 2. The minimum atomic E-state index is -1.91. The van der Waals surface area contributed by atoms with Gasteiger partial charge in [0.15, 0.2) is 5.43 Å². The van der Waals surface area contributed by atoms with E-state index in [4.69, 9.17) is 15.9 Å². The van der Waals surface area contributed by atoms with Crippen molar-refractivity contribution in [3.05, 3.63) is 106 Å². The van der Waals surface area contributed by atoms with Crippen molar-refractivity contribution in [2.45, 2.75) is 112 Å². The minimum Gasteiger partial charge on any atom is -0.508 e. The number of hydrogen-bond donors (Lipinski definition) is 17. The van der Waals surface area contributed by atoms with Gasteiger partial charge >= 0.3 is 17.9 Å². The number of benzene rings is 4. The quantitative estimate of drug-likeness (QED) is 0.0184. The number of likely N-dealkylation sites (tertiary alicyclic amines) is 1. The molecule has 1 fully saturated rings. The van der Waals surface area contributed by atoms with E-state index in [1.54, 1.807) is 12.5 Å². The number of carbonyl (C=O) groups is 14. The number of thioether (sulfide) groups is 2. The molecule has 3 aliphatic rings. The van der Waals surface area contributed by atoms with Crippen LogP contribution in [-0.4, -0.2) is 222 Å². The summed E-state index contributed by atoms with van der Waals surface area (Å²) in [5.74, 6) is -16.7. The molecule has 19 N–H and O–H groups in total. The third-order valence-corrected chi connectivity index (χ3v) is 17.0. The van der Waals surface area contributed by atoms with Gasteiger partial charge in [0.1, 0.15) is 77.2 Å². The van der Waals surface area contributed by atoms with E-state index < -0.39 is 182 Å². The average Bonchev–Trinajstić information content (AvgIpc) is 0.847. The lowest BCUT2D eigenvalue weighted by molar-refractivity contribution is -0.144. The molecule has 6 rings (SSSR count). The van der Waals surface area contributed by atoms with Gasteiger partial charge in [0.05, 0.1) is 31.6 Å². The number of aromatic hydroxyl groups is 2. The van der Waals surface area contributed by atoms with E-state index in [-0.39, 0.29) is 95.3 Å². The number of aliphatic hydroxyl groups excluding tert-OH is 2. The van der Waals surface area contributed by atoms with Crippen LogP contribution in [0.5, 0.6) is 11.5 Å². The summed E-state index contributed by atoms with van der Waals surface area (Å²) in [6.07, 6.45) is -0.489. The minimum absolute atomic E-state index is 0.0717. The number of nitrogens with zero attached hydrogens (tertiary/aromatic N) is 1. The molecule has 3 aromatic carbocycles. The number of carbonyl (C=O) groups excluding carboxylic acids is 11. The summed E-state index contributed by atoms with van der Waals surface area (Å²) in [4.78, 5) is 200. The second-order valence-corrected chi connectivity index (χ2v) is 24.9. The summed E-state index contributed by atoms with van der Waals surface area (Å²) < 4.78 is 5.88. The Kier molecular flexibility index (Phi) is 28.6. The SMILES string of the molecule is CSCCC(NC(=O)c1ccc(-c2c3ccc(=O)cc-3oc3cc(O)ccc23)c(C(=O)O)c1)C(=O)NC(CO)C(=O)NC(CO)C(=O)NC(CCSC)C(=O)NC(CC(N)=O)C(=O)N1CCCC1C(=O)NC(CCC(=O)O)C(=O)NC(Cc1ccc(O)cc1)C(=O)NC(CC(=O)O)C(N)=O. The Bertz CT molecular complexity index is 3950. The second-order valence-electron chi connectivity index (χ2n) is 22.9. The Morgan fingerprint density at radius 1 is 0.570 bits per heavy atom. The molecule has 36 heteroatoms. The van der Waals surface area contributed by atoms with Gasteiger partial charge < -0.3 is 99.1 Å². The van der Waals surface area contributed by atoms with Crippen molar-refractivity contribution >= 4 is 117 Å². The summed E-state index contributed by atoms with van der Waals surface area (Å²) in [6, 6.07) is 1.56. The first-order chi connectivity index (χ1) is 47.5. The lowest BCUT2D eigenvalue weighted by Crippen LogP contribution is -2.61. The lowest BCUT2D eigenvalue weighted by atomic mass is 9.89. The van der Waals surface area contributed by atoms with Crippen LogP contribution in [0.2, 0.25) is 0 Å². The first kappa shape index (κ1) is 78.1. The largest absolute Gasteiger partial charge is 0.508 e. The fraction of sp³-hybridized carbons (Fsp3) is 0.391. The molecule has 9 atom stereocenters. The Morgan fingerprint density at radius 2 is 1.10 bits per heavy atom. The van der Waals surface area contributed by atoms with Gasteiger partial charge in [-0.2, -0.15) is 23.5 Å². The van der Waals surface area contributed by atoms with Gasteiger partial charge in [-0.1, -0.05) is 18.2 Å². The number of phenols is 2. The molecule has 100 heavy (non-hydrogen) atoms. The van der Waals surface area contributed by atoms with Gasteiger partial charge in [0.25, 0.3) is 5.91 Å². The van der Waals surface area contributed by atoms with Gasteiger partial charge in [0.2, 0.25) is 59.1 Å². The highest BCUT2D eigenvalue weighted by molar-refractivity contribution is 7.98. The topological polar surface area (TPSA) is 562 Å². The van der Waals surface area contributed by atoms with E-state index in [0.717, 1.165) is 11.0 Å². The first-order valence-corrected chi connectivity index (χ1v) is 33.6. The van der Waals surface area contributed by atoms with E-state index >= 15 is 0 Å². The predicted octanol–water partition coefficient (Wildman–Crippen LogP) is -2.41. The fourth-order valence-electron chi connectivity index (χ4n) is 10.7. The highest BCUT2D eigenvalue weighted by atomic mass is 32.2. The van der Waals surface area contributed by atoms with Crippen molar-refractivity contribution in [1.82, 2.24) is 47.4 Å². The zero-order valence-electron chi connectivity index (χ0n) is 53.7. The van der Waals surface area contributed by atoms with Crippen LogP contribution in [0.4, 0.5) is 0 Å². The van der Waals surface area contributed by atoms with Crippen LogP contribution in [0.25, 0.3) is 33.4 Å². The molecule has 9 unspecified atom stereocenters. The molecule has 34 nitrogen and oxygen atoms in total. The van der Waals surface area contributed by atoms with Gasteiger partial charge in [-0.15, -0.1) is 0 Å². The Balaban J connectivity index is 1.13. The van der Waals surface area contributed by atoms with Crippen molar-refractivity contribution < 1.29 is 107 Å². The molecule has 2 heterocycles. The van der Waals surface area contributed by atoms with E-state index in [2.05, 4.69) is 42.5 Å². The van der Waals surface area contributed by atoms with Crippen molar-refractivity contribution in [2.24, 2.45) is 11.5 Å². The standard InChI is InChI=1S/C64H75N11O23S2/c1-99-20-17-40(67-55(87)31-7-12-35(38(23-31)64(96)97)53-36-13-10-33(79)24-48(36)98-49-25-34(80)11-14-37(49)53)58(90)73-46(29-77)61(93)74-45(28-76)60(92)68-41(18-21-100-2)57(89)72-44(26-50(65)81)63(95)75-19-3-4-47(75)62(94)69-39(15-16-51(82)83)56(88)71-43(22-30-5-8-32(78)9-6-30)59(91)70-42(54(66)86)27-52(84)85/h5-14,23-25,39-47,76-79H,3-4,15-22,26-29H2,1-2H3,(H2,65,81)(H2,66,86)(H,67,87)(H,68,92)(H,69,94)(H,70,91)(H,71,88)(H,72,89)(H,73,90)(H,74,93)(H,82,83)(H,84,85)(H,96,97).